The van der Waals surface area contributed by atoms with Crippen molar-refractivity contribution in [3.05, 3.63) is 59.2 Å². The zero-order chi connectivity index (χ0) is 21.3. The minimum atomic E-state index is -0.575. The molecule has 0 spiro atoms. The van der Waals surface area contributed by atoms with Crippen LogP contribution in [0.3, 0.4) is 0 Å². The Hall–Kier alpha value is -3.56. The number of hydrogen-bond acceptors (Lipinski definition) is 7. The highest BCUT2D eigenvalue weighted by molar-refractivity contribution is 5.89. The predicted molar refractivity (Wildman–Crippen MR) is 105 cm³/mol. The summed E-state index contributed by atoms with van der Waals surface area (Å²) < 4.78 is 27.1. The Kier molecular flexibility index (Phi) is 5.30. The molecular weight excluding hydrogens is 391 g/mol. The summed E-state index contributed by atoms with van der Waals surface area (Å²) in [5, 5.41) is 7.58. The number of hydrogen-bond donors (Lipinski definition) is 0. The zero-order valence-corrected chi connectivity index (χ0v) is 16.9. The van der Waals surface area contributed by atoms with Gasteiger partial charge in [-0.2, -0.15) is 0 Å². The van der Waals surface area contributed by atoms with Gasteiger partial charge in [0.15, 0.2) is 11.6 Å². The molecule has 1 aliphatic rings. The Labute approximate surface area is 172 Å². The number of carbonyl (C=O) groups excluding carboxylic acids is 1. The molecule has 30 heavy (non-hydrogen) atoms. The summed E-state index contributed by atoms with van der Waals surface area (Å²) in [6.45, 7) is 6.36. The maximum absolute atomic E-state index is 14.6. The standard InChI is InChI=1S/C20H21FN6O3/c1-12-13(2)24-18(14(3)23-12)11-29-19-5-4-15(8-17(19)21)27-10-16(30-20(27)28)9-26-7-6-22-25-26/h4-8,16H,9-11H2,1-3H3/t16-/m0/s1. The van der Waals surface area contributed by atoms with Crippen molar-refractivity contribution in [1.29, 1.82) is 0 Å². The highest BCUT2D eigenvalue weighted by Crippen LogP contribution is 2.28. The van der Waals surface area contributed by atoms with Gasteiger partial charge in [0.05, 0.1) is 47.7 Å². The summed E-state index contributed by atoms with van der Waals surface area (Å²) in [5.41, 5.74) is 3.46. The number of halogens is 1. The number of aromatic nitrogens is 5. The van der Waals surface area contributed by atoms with E-state index in [1.807, 2.05) is 20.8 Å². The van der Waals surface area contributed by atoms with E-state index in [9.17, 15) is 9.18 Å². The normalized spacial score (nSPS) is 16.1. The van der Waals surface area contributed by atoms with Gasteiger partial charge in [0, 0.05) is 12.3 Å². The first-order chi connectivity index (χ1) is 14.4. The molecule has 3 heterocycles. The number of anilines is 1. The average molecular weight is 412 g/mol. The van der Waals surface area contributed by atoms with Crippen molar-refractivity contribution in [2.75, 3.05) is 11.4 Å². The fourth-order valence-corrected chi connectivity index (χ4v) is 3.18. The Balaban J connectivity index is 1.43. The molecule has 0 unspecified atom stereocenters. The van der Waals surface area contributed by atoms with Crippen molar-refractivity contribution in [3.63, 3.8) is 0 Å². The van der Waals surface area contributed by atoms with Crippen LogP contribution in [0.1, 0.15) is 22.8 Å². The molecule has 0 aliphatic carbocycles. The lowest BCUT2D eigenvalue weighted by Crippen LogP contribution is -2.26. The molecule has 0 N–H and O–H groups in total. The highest BCUT2D eigenvalue weighted by Gasteiger charge is 2.33. The molecule has 1 amide bonds. The molecule has 0 radical (unpaired) electrons. The molecule has 2 aromatic heterocycles. The maximum Gasteiger partial charge on any atom is 0.414 e. The summed E-state index contributed by atoms with van der Waals surface area (Å²) in [5.74, 6) is -0.501. The van der Waals surface area contributed by atoms with Crippen LogP contribution in [0, 0.1) is 26.6 Å². The molecule has 1 fully saturated rings. The summed E-state index contributed by atoms with van der Waals surface area (Å²) in [6.07, 6.45) is 2.30. The summed E-state index contributed by atoms with van der Waals surface area (Å²) in [4.78, 5) is 22.5. The van der Waals surface area contributed by atoms with Gasteiger partial charge < -0.3 is 9.47 Å². The minimum Gasteiger partial charge on any atom is -0.484 e. The lowest BCUT2D eigenvalue weighted by molar-refractivity contribution is 0.129. The van der Waals surface area contributed by atoms with Crippen molar-refractivity contribution in [2.45, 2.75) is 40.0 Å². The van der Waals surface area contributed by atoms with Crippen molar-refractivity contribution in [3.8, 4) is 5.75 Å². The number of carbonyl (C=O) groups is 1. The van der Waals surface area contributed by atoms with Crippen LogP contribution in [0.2, 0.25) is 0 Å². The van der Waals surface area contributed by atoms with Gasteiger partial charge in [0.25, 0.3) is 0 Å². The van der Waals surface area contributed by atoms with Gasteiger partial charge in [0.1, 0.15) is 12.7 Å². The van der Waals surface area contributed by atoms with E-state index < -0.39 is 18.0 Å². The number of nitrogens with zero attached hydrogens (tertiary/aromatic N) is 6. The highest BCUT2D eigenvalue weighted by atomic mass is 19.1. The number of amides is 1. The molecule has 3 aromatic rings. The third-order valence-corrected chi connectivity index (χ3v) is 4.91. The minimum absolute atomic E-state index is 0.0740. The number of ether oxygens (including phenoxy) is 2. The molecule has 1 aromatic carbocycles. The van der Waals surface area contributed by atoms with E-state index >= 15 is 0 Å². The molecule has 10 heteroatoms. The van der Waals surface area contributed by atoms with Gasteiger partial charge in [-0.15, -0.1) is 5.10 Å². The summed E-state index contributed by atoms with van der Waals surface area (Å²) in [6, 6.07) is 4.37. The van der Waals surface area contributed by atoms with Gasteiger partial charge in [-0.25, -0.2) is 13.9 Å². The van der Waals surface area contributed by atoms with Crippen LogP contribution < -0.4 is 9.64 Å². The van der Waals surface area contributed by atoms with E-state index in [2.05, 4.69) is 20.3 Å². The van der Waals surface area contributed by atoms with Crippen molar-refractivity contribution in [2.24, 2.45) is 0 Å². The monoisotopic (exact) mass is 412 g/mol. The van der Waals surface area contributed by atoms with Crippen LogP contribution >= 0.6 is 0 Å². The van der Waals surface area contributed by atoms with Gasteiger partial charge in [-0.3, -0.25) is 14.9 Å². The van der Waals surface area contributed by atoms with Crippen LogP contribution in [0.5, 0.6) is 5.75 Å². The van der Waals surface area contributed by atoms with Crippen LogP contribution in [0.4, 0.5) is 14.9 Å². The Bertz CT molecular complexity index is 1070. The lowest BCUT2D eigenvalue weighted by atomic mass is 10.2. The molecule has 4 rings (SSSR count). The number of rotatable bonds is 6. The van der Waals surface area contributed by atoms with E-state index in [1.165, 1.54) is 17.0 Å². The van der Waals surface area contributed by atoms with E-state index in [1.54, 1.807) is 23.1 Å². The quantitative estimate of drug-likeness (QED) is 0.614. The van der Waals surface area contributed by atoms with Crippen LogP contribution in [0.25, 0.3) is 0 Å². The Morgan fingerprint density at radius 3 is 2.73 bits per heavy atom. The average Bonchev–Trinajstić information content (AvgIpc) is 3.34. The van der Waals surface area contributed by atoms with Crippen molar-refractivity contribution < 1.29 is 18.7 Å². The number of aryl methyl sites for hydroxylation is 3. The molecule has 0 saturated carbocycles. The van der Waals surface area contributed by atoms with Gasteiger partial charge in [-0.1, -0.05) is 5.21 Å². The van der Waals surface area contributed by atoms with Gasteiger partial charge in [-0.05, 0) is 32.9 Å². The molecule has 156 valence electrons. The second-order valence-electron chi connectivity index (χ2n) is 7.07. The molecule has 1 saturated heterocycles. The second kappa shape index (κ2) is 8.05. The van der Waals surface area contributed by atoms with Gasteiger partial charge >= 0.3 is 6.09 Å². The predicted octanol–water partition coefficient (Wildman–Crippen LogP) is 2.74. The van der Waals surface area contributed by atoms with Crippen molar-refractivity contribution in [1.82, 2.24) is 25.0 Å². The first kappa shape index (κ1) is 19.7. The van der Waals surface area contributed by atoms with E-state index in [0.717, 1.165) is 17.1 Å². The SMILES string of the molecule is Cc1nc(C)c(COc2ccc(N3C[C@H](Cn4ccnn4)OC3=O)cc2F)nc1C. The summed E-state index contributed by atoms with van der Waals surface area (Å²) in [7, 11) is 0. The first-order valence-electron chi connectivity index (χ1n) is 9.46. The Morgan fingerprint density at radius 2 is 2.00 bits per heavy atom. The smallest absolute Gasteiger partial charge is 0.414 e. The fourth-order valence-electron chi connectivity index (χ4n) is 3.18. The van der Waals surface area contributed by atoms with Gasteiger partial charge in [0.2, 0.25) is 0 Å². The number of benzene rings is 1. The molecule has 1 aliphatic heterocycles. The van der Waals surface area contributed by atoms with E-state index in [-0.39, 0.29) is 18.9 Å². The molecule has 9 nitrogen and oxygen atoms in total. The maximum atomic E-state index is 14.6. The molecule has 0 bridgehead atoms. The number of cyclic esters (lactones) is 1. The van der Waals surface area contributed by atoms with Crippen LogP contribution in [-0.2, 0) is 17.9 Å². The lowest BCUT2D eigenvalue weighted by Gasteiger charge is -2.15. The van der Waals surface area contributed by atoms with Crippen molar-refractivity contribution >= 4 is 11.8 Å². The Morgan fingerprint density at radius 1 is 1.20 bits per heavy atom. The summed E-state index contributed by atoms with van der Waals surface area (Å²) >= 11 is 0. The van der Waals surface area contributed by atoms with E-state index in [4.69, 9.17) is 9.47 Å². The van der Waals surface area contributed by atoms with E-state index in [0.29, 0.717) is 17.9 Å². The van der Waals surface area contributed by atoms with Crippen LogP contribution in [-0.4, -0.2) is 43.7 Å². The third-order valence-electron chi connectivity index (χ3n) is 4.91. The largest absolute Gasteiger partial charge is 0.484 e. The third kappa shape index (κ3) is 4.07. The molecule has 1 atom stereocenters. The topological polar surface area (TPSA) is 95.3 Å². The zero-order valence-electron chi connectivity index (χ0n) is 16.9. The first-order valence-corrected chi connectivity index (χ1v) is 9.46. The second-order valence-corrected chi connectivity index (χ2v) is 7.07. The molecular formula is C20H21FN6O3. The van der Waals surface area contributed by atoms with Crippen LogP contribution in [0.15, 0.2) is 30.6 Å². The fraction of sp³-hybridized carbons (Fsp3) is 0.350.